The second kappa shape index (κ2) is 7.61. The fourth-order valence-electron chi connectivity index (χ4n) is 2.81. The molecule has 3 rings (SSSR count). The van der Waals surface area contributed by atoms with Crippen molar-refractivity contribution in [2.75, 3.05) is 17.8 Å². The molecule has 2 atom stereocenters. The molecule has 0 spiro atoms. The van der Waals surface area contributed by atoms with Crippen molar-refractivity contribution in [1.29, 1.82) is 5.41 Å². The maximum Gasteiger partial charge on any atom is 0.234 e. The van der Waals surface area contributed by atoms with Gasteiger partial charge in [-0.15, -0.1) is 11.3 Å². The summed E-state index contributed by atoms with van der Waals surface area (Å²) in [6.45, 7) is 1.92. The van der Waals surface area contributed by atoms with Gasteiger partial charge in [0, 0.05) is 17.3 Å². The third-order valence-electron chi connectivity index (χ3n) is 4.31. The Morgan fingerprint density at radius 2 is 2.11 bits per heavy atom. The Morgan fingerprint density at radius 3 is 2.70 bits per heavy atom. The number of anilines is 1. The van der Waals surface area contributed by atoms with Gasteiger partial charge in [0.25, 0.3) is 0 Å². The fraction of sp³-hybridized carbons (Fsp3) is 0.235. The van der Waals surface area contributed by atoms with Gasteiger partial charge in [-0.2, -0.15) is 4.31 Å². The van der Waals surface area contributed by atoms with E-state index in [1.807, 2.05) is 37.3 Å². The molecule has 1 unspecified atom stereocenters. The number of benzene rings is 1. The van der Waals surface area contributed by atoms with E-state index < -0.39 is 16.9 Å². The van der Waals surface area contributed by atoms with E-state index in [0.717, 1.165) is 21.0 Å². The summed E-state index contributed by atoms with van der Waals surface area (Å²) in [5.74, 6) is 6.33. The first-order valence-corrected chi connectivity index (χ1v) is 10.5. The zero-order valence-corrected chi connectivity index (χ0v) is 17.3. The molecule has 144 valence electrons. The second-order valence-corrected chi connectivity index (χ2v) is 9.29. The zero-order chi connectivity index (χ0) is 19.8. The highest BCUT2D eigenvalue weighted by molar-refractivity contribution is 7.89. The molecule has 0 saturated carbocycles. The molecule has 1 aliphatic rings. The largest absolute Gasteiger partial charge is 0.593 e. The zero-order valence-electron chi connectivity index (χ0n) is 14.9. The van der Waals surface area contributed by atoms with Crippen molar-refractivity contribution in [2.45, 2.75) is 12.5 Å². The summed E-state index contributed by atoms with van der Waals surface area (Å²) < 4.78 is 13.7. The van der Waals surface area contributed by atoms with Gasteiger partial charge in [0.15, 0.2) is 5.75 Å². The van der Waals surface area contributed by atoms with Gasteiger partial charge in [0.05, 0.1) is 34.0 Å². The van der Waals surface area contributed by atoms with Crippen molar-refractivity contribution in [3.63, 3.8) is 0 Å². The number of hydrogen-bond donors (Lipinski definition) is 4. The summed E-state index contributed by atoms with van der Waals surface area (Å²) in [6, 6.07) is 9.59. The number of halogens is 1. The molecule has 27 heavy (non-hydrogen) atoms. The molecule has 1 fully saturated rings. The van der Waals surface area contributed by atoms with E-state index in [9.17, 15) is 4.55 Å². The van der Waals surface area contributed by atoms with Gasteiger partial charge in [0.1, 0.15) is 5.54 Å². The lowest BCUT2D eigenvalue weighted by molar-refractivity contribution is 0.424. The quantitative estimate of drug-likeness (QED) is 0.340. The molecule has 0 bridgehead atoms. The Hall–Kier alpha value is -1.91. The molecular formula is C17H21ClN6OS2. The predicted octanol–water partition coefficient (Wildman–Crippen LogP) is 2.53. The van der Waals surface area contributed by atoms with E-state index in [0.29, 0.717) is 10.8 Å². The van der Waals surface area contributed by atoms with Crippen LogP contribution in [0.5, 0.6) is 0 Å². The standard InChI is InChI=1S/C17H21ClN6OS2/c1-17(10-27(25)23(2)16(20)22-17)15-13(18)9-14(26-15)11-3-5-12(6-4-11)24(21)8-7-19/h3-9H,10,19,21H2,1-2H3,(H2,20,22)/b8-7-/t17-,27?/m0/s1. The Balaban J connectivity index is 1.89. The lowest BCUT2D eigenvalue weighted by Crippen LogP contribution is -2.60. The average molecular weight is 425 g/mol. The van der Waals surface area contributed by atoms with E-state index in [2.05, 4.69) is 5.32 Å². The highest BCUT2D eigenvalue weighted by Crippen LogP contribution is 2.42. The lowest BCUT2D eigenvalue weighted by atomic mass is 10.0. The van der Waals surface area contributed by atoms with Crippen LogP contribution in [0.4, 0.5) is 5.69 Å². The molecule has 2 heterocycles. The molecule has 1 saturated heterocycles. The molecule has 2 aromatic rings. The molecule has 7 nitrogen and oxygen atoms in total. The smallest absolute Gasteiger partial charge is 0.234 e. The van der Waals surface area contributed by atoms with Gasteiger partial charge in [-0.1, -0.05) is 23.7 Å². The maximum absolute atomic E-state index is 12.3. The van der Waals surface area contributed by atoms with Gasteiger partial charge in [-0.3, -0.25) is 10.4 Å². The van der Waals surface area contributed by atoms with Crippen molar-refractivity contribution in [2.24, 2.45) is 11.6 Å². The third kappa shape index (κ3) is 3.87. The number of guanidine groups is 1. The first-order chi connectivity index (χ1) is 12.7. The molecule has 1 aliphatic heterocycles. The van der Waals surface area contributed by atoms with Crippen LogP contribution in [0.2, 0.25) is 5.02 Å². The molecule has 1 aromatic heterocycles. The van der Waals surface area contributed by atoms with Crippen LogP contribution >= 0.6 is 22.9 Å². The topological polar surface area (TPSA) is 117 Å². The van der Waals surface area contributed by atoms with Crippen LogP contribution in [0.15, 0.2) is 42.7 Å². The number of nitrogens with one attached hydrogen (secondary N) is 2. The number of rotatable bonds is 4. The van der Waals surface area contributed by atoms with Crippen molar-refractivity contribution in [3.8, 4) is 10.4 Å². The van der Waals surface area contributed by atoms with Gasteiger partial charge in [0.2, 0.25) is 5.96 Å². The molecule has 10 heteroatoms. The normalized spacial score (nSPS) is 22.9. The highest BCUT2D eigenvalue weighted by Gasteiger charge is 2.44. The van der Waals surface area contributed by atoms with E-state index in [1.54, 1.807) is 13.2 Å². The van der Waals surface area contributed by atoms with Crippen LogP contribution in [-0.4, -0.2) is 27.6 Å². The van der Waals surface area contributed by atoms with E-state index >= 15 is 0 Å². The van der Waals surface area contributed by atoms with E-state index in [1.165, 1.54) is 26.9 Å². The van der Waals surface area contributed by atoms with Crippen LogP contribution in [0.1, 0.15) is 11.8 Å². The van der Waals surface area contributed by atoms with Crippen molar-refractivity contribution in [3.05, 3.63) is 52.6 Å². The van der Waals surface area contributed by atoms with Crippen molar-refractivity contribution in [1.82, 2.24) is 9.62 Å². The minimum absolute atomic E-state index is 0.119. The van der Waals surface area contributed by atoms with Gasteiger partial charge in [-0.25, -0.2) is 5.84 Å². The average Bonchev–Trinajstić information content (AvgIpc) is 3.03. The number of hydrogen-bond acceptors (Lipinski definition) is 6. The van der Waals surface area contributed by atoms with Crippen LogP contribution in [0.3, 0.4) is 0 Å². The molecular weight excluding hydrogens is 404 g/mol. The molecule has 0 amide bonds. The minimum atomic E-state index is -1.28. The third-order valence-corrected chi connectivity index (χ3v) is 7.79. The summed E-state index contributed by atoms with van der Waals surface area (Å²) in [4.78, 5) is 1.85. The SMILES string of the molecule is CN1C(=N)N[C@](C)(c2sc(-c3ccc(N(N)/C=C\N)cc3)cc2Cl)C[S+]1[O-]. The lowest BCUT2D eigenvalue weighted by Gasteiger charge is -2.39. The Morgan fingerprint density at radius 1 is 1.44 bits per heavy atom. The van der Waals surface area contributed by atoms with Crippen LogP contribution in [0, 0.1) is 5.41 Å². The summed E-state index contributed by atoms with van der Waals surface area (Å²) in [7, 11) is 1.63. The number of nitrogens with two attached hydrogens (primary N) is 2. The summed E-state index contributed by atoms with van der Waals surface area (Å²) in [5.41, 5.74) is 6.50. The minimum Gasteiger partial charge on any atom is -0.593 e. The van der Waals surface area contributed by atoms with E-state index in [-0.39, 0.29) is 5.96 Å². The fourth-order valence-corrected chi connectivity index (χ4v) is 5.71. The van der Waals surface area contributed by atoms with Gasteiger partial charge >= 0.3 is 0 Å². The van der Waals surface area contributed by atoms with Gasteiger partial charge < -0.3 is 15.6 Å². The summed E-state index contributed by atoms with van der Waals surface area (Å²) in [6.07, 6.45) is 2.94. The number of thiophene rings is 1. The molecule has 1 aromatic carbocycles. The molecule has 6 N–H and O–H groups in total. The van der Waals surface area contributed by atoms with Crippen LogP contribution in [-0.2, 0) is 16.9 Å². The Labute approximate surface area is 170 Å². The summed E-state index contributed by atoms with van der Waals surface area (Å²) >= 11 is 6.75. The van der Waals surface area contributed by atoms with Crippen LogP contribution < -0.4 is 21.9 Å². The summed E-state index contributed by atoms with van der Waals surface area (Å²) in [5, 5.41) is 13.2. The van der Waals surface area contributed by atoms with E-state index in [4.69, 9.17) is 28.6 Å². The monoisotopic (exact) mass is 424 g/mol. The Kier molecular flexibility index (Phi) is 5.59. The molecule has 0 radical (unpaired) electrons. The first kappa shape index (κ1) is 19.8. The van der Waals surface area contributed by atoms with Crippen molar-refractivity contribution >= 4 is 45.9 Å². The number of hydrazine groups is 1. The first-order valence-electron chi connectivity index (χ1n) is 8.06. The highest BCUT2D eigenvalue weighted by atomic mass is 35.5. The van der Waals surface area contributed by atoms with Crippen molar-refractivity contribution < 1.29 is 4.55 Å². The van der Waals surface area contributed by atoms with Crippen LogP contribution in [0.25, 0.3) is 10.4 Å². The second-order valence-electron chi connectivity index (χ2n) is 6.35. The van der Waals surface area contributed by atoms with Gasteiger partial charge in [-0.05, 0) is 30.7 Å². The predicted molar refractivity (Wildman–Crippen MR) is 114 cm³/mol. The Bertz CT molecular complexity index is 871. The number of nitrogens with zero attached hydrogens (tertiary/aromatic N) is 2. The maximum atomic E-state index is 12.3. The molecule has 0 aliphatic carbocycles.